The topological polar surface area (TPSA) is 114 Å². The van der Waals surface area contributed by atoms with Crippen LogP contribution in [0, 0.1) is 0 Å². The van der Waals surface area contributed by atoms with Crippen molar-refractivity contribution in [2.24, 2.45) is 0 Å². The second-order valence-electron chi connectivity index (χ2n) is 7.96. The summed E-state index contributed by atoms with van der Waals surface area (Å²) in [5, 5.41) is 2.71. The van der Waals surface area contributed by atoms with Crippen molar-refractivity contribution in [3.8, 4) is 17.2 Å². The van der Waals surface area contributed by atoms with Gasteiger partial charge in [0, 0.05) is 37.8 Å². The molecule has 2 heterocycles. The molecule has 2 aliphatic heterocycles. The third kappa shape index (κ3) is 4.53. The number of anilines is 1. The van der Waals surface area contributed by atoms with Gasteiger partial charge in [-0.15, -0.1) is 0 Å². The first-order chi connectivity index (χ1) is 16.3. The summed E-state index contributed by atoms with van der Waals surface area (Å²) in [7, 11) is -0.805. The van der Waals surface area contributed by atoms with Gasteiger partial charge in [0.15, 0.2) is 6.10 Å². The number of piperazine rings is 1. The zero-order valence-corrected chi connectivity index (χ0v) is 20.1. The fraction of sp³-hybridized carbons (Fsp3) is 0.391. The van der Waals surface area contributed by atoms with Crippen LogP contribution in [0.3, 0.4) is 0 Å². The van der Waals surface area contributed by atoms with E-state index < -0.39 is 16.1 Å². The van der Waals surface area contributed by atoms with E-state index in [4.69, 9.17) is 14.2 Å². The molecule has 4 rings (SSSR count). The van der Waals surface area contributed by atoms with Crippen LogP contribution in [0.15, 0.2) is 41.3 Å². The molecular formula is C23H27N3O7S. The van der Waals surface area contributed by atoms with E-state index in [1.165, 1.54) is 30.7 Å². The largest absolute Gasteiger partial charge is 0.497 e. The molecule has 34 heavy (non-hydrogen) atoms. The second kappa shape index (κ2) is 9.51. The normalized spacial score (nSPS) is 18.5. The van der Waals surface area contributed by atoms with Gasteiger partial charge in [0.05, 0.1) is 24.8 Å². The maximum atomic E-state index is 13.2. The predicted molar refractivity (Wildman–Crippen MR) is 124 cm³/mol. The molecular weight excluding hydrogens is 462 g/mol. The van der Waals surface area contributed by atoms with Crippen LogP contribution in [0.1, 0.15) is 23.7 Å². The minimum atomic E-state index is -3.82. The first-order valence-corrected chi connectivity index (χ1v) is 12.3. The molecule has 0 aliphatic carbocycles. The van der Waals surface area contributed by atoms with E-state index in [0.29, 0.717) is 34.9 Å². The Bertz CT molecular complexity index is 1180. The number of rotatable bonds is 6. The lowest BCUT2D eigenvalue weighted by Gasteiger charge is -2.34. The van der Waals surface area contributed by atoms with E-state index >= 15 is 0 Å². The van der Waals surface area contributed by atoms with Crippen LogP contribution in [0.5, 0.6) is 17.2 Å². The van der Waals surface area contributed by atoms with Gasteiger partial charge < -0.3 is 24.4 Å². The molecule has 1 atom stereocenters. The molecule has 2 aromatic rings. The van der Waals surface area contributed by atoms with Gasteiger partial charge in [-0.2, -0.15) is 4.31 Å². The number of ether oxygens (including phenoxy) is 3. The van der Waals surface area contributed by atoms with Crippen LogP contribution in [-0.2, 0) is 14.8 Å². The molecule has 10 nitrogen and oxygen atoms in total. The molecule has 0 saturated carbocycles. The number of benzene rings is 2. The summed E-state index contributed by atoms with van der Waals surface area (Å²) >= 11 is 0. The summed E-state index contributed by atoms with van der Waals surface area (Å²) in [5.41, 5.74) is 0.736. The van der Waals surface area contributed by atoms with E-state index in [1.54, 1.807) is 29.2 Å². The van der Waals surface area contributed by atoms with Gasteiger partial charge in [-0.05, 0) is 36.8 Å². The average Bonchev–Trinajstić information content (AvgIpc) is 2.87. The fourth-order valence-electron chi connectivity index (χ4n) is 3.95. The van der Waals surface area contributed by atoms with Crippen LogP contribution in [0.2, 0.25) is 0 Å². The number of carbonyl (C=O) groups excluding carboxylic acids is 2. The van der Waals surface area contributed by atoms with Crippen molar-refractivity contribution in [1.29, 1.82) is 0 Å². The lowest BCUT2D eigenvalue weighted by Crippen LogP contribution is -2.50. The van der Waals surface area contributed by atoms with E-state index in [1.807, 2.05) is 6.92 Å². The van der Waals surface area contributed by atoms with Gasteiger partial charge in [-0.1, -0.05) is 6.92 Å². The van der Waals surface area contributed by atoms with Crippen molar-refractivity contribution in [3.63, 3.8) is 0 Å². The highest BCUT2D eigenvalue weighted by Gasteiger charge is 2.33. The van der Waals surface area contributed by atoms with Crippen molar-refractivity contribution >= 4 is 27.5 Å². The van der Waals surface area contributed by atoms with Gasteiger partial charge in [0.1, 0.15) is 17.2 Å². The summed E-state index contributed by atoms with van der Waals surface area (Å²) < 4.78 is 43.9. The summed E-state index contributed by atoms with van der Waals surface area (Å²) in [5.74, 6) is 0.907. The Morgan fingerprint density at radius 1 is 1.06 bits per heavy atom. The van der Waals surface area contributed by atoms with Gasteiger partial charge in [-0.25, -0.2) is 8.42 Å². The van der Waals surface area contributed by atoms with Crippen molar-refractivity contribution in [3.05, 3.63) is 42.0 Å². The first kappa shape index (κ1) is 23.8. The molecule has 0 spiro atoms. The maximum absolute atomic E-state index is 13.2. The van der Waals surface area contributed by atoms with Gasteiger partial charge in [-0.3, -0.25) is 9.59 Å². The van der Waals surface area contributed by atoms with E-state index in [-0.39, 0.29) is 42.9 Å². The number of sulfonamides is 1. The van der Waals surface area contributed by atoms with Crippen molar-refractivity contribution in [2.75, 3.05) is 45.7 Å². The quantitative estimate of drug-likeness (QED) is 0.660. The SMILES string of the molecule is CC[C@@H]1Oc2ccc(S(=O)(=O)N3CCN(C(=O)c4cc(OC)cc(OC)c4)CC3)cc2NC1=O. The minimum Gasteiger partial charge on any atom is -0.497 e. The number of fused-ring (bicyclic) bond motifs is 1. The van der Waals surface area contributed by atoms with Gasteiger partial charge in [0.25, 0.3) is 11.8 Å². The van der Waals surface area contributed by atoms with Gasteiger partial charge in [0.2, 0.25) is 10.0 Å². The summed E-state index contributed by atoms with van der Waals surface area (Å²) in [6.45, 7) is 2.60. The smallest absolute Gasteiger partial charge is 0.265 e. The molecule has 1 fully saturated rings. The lowest BCUT2D eigenvalue weighted by atomic mass is 10.1. The Labute approximate surface area is 198 Å². The van der Waals surface area contributed by atoms with Gasteiger partial charge >= 0.3 is 0 Å². The second-order valence-corrected chi connectivity index (χ2v) is 9.90. The third-order valence-corrected chi connectivity index (χ3v) is 7.80. The summed E-state index contributed by atoms with van der Waals surface area (Å²) in [4.78, 5) is 26.8. The van der Waals surface area contributed by atoms with Crippen molar-refractivity contribution in [1.82, 2.24) is 9.21 Å². The number of hydrogen-bond donors (Lipinski definition) is 1. The standard InChI is InChI=1S/C23H27N3O7S/c1-4-20-22(27)24-19-14-18(5-6-21(19)33-20)34(29,30)26-9-7-25(8-10-26)23(28)15-11-16(31-2)13-17(12-15)32-3/h5-6,11-14,20H,4,7-10H2,1-3H3,(H,24,27)/t20-/m0/s1. The minimum absolute atomic E-state index is 0.0578. The Kier molecular flexibility index (Phi) is 6.67. The van der Waals surface area contributed by atoms with E-state index in [2.05, 4.69) is 5.32 Å². The number of methoxy groups -OCH3 is 2. The van der Waals surface area contributed by atoms with Crippen LogP contribution in [-0.4, -0.2) is 75.9 Å². The number of amides is 2. The highest BCUT2D eigenvalue weighted by atomic mass is 32.2. The lowest BCUT2D eigenvalue weighted by molar-refractivity contribution is -0.123. The van der Waals surface area contributed by atoms with Crippen LogP contribution < -0.4 is 19.5 Å². The number of nitrogens with zero attached hydrogens (tertiary/aromatic N) is 2. The number of carbonyl (C=O) groups is 2. The Hall–Kier alpha value is -3.31. The molecule has 1 saturated heterocycles. The average molecular weight is 490 g/mol. The Balaban J connectivity index is 1.46. The zero-order valence-electron chi connectivity index (χ0n) is 19.2. The first-order valence-electron chi connectivity index (χ1n) is 10.9. The monoisotopic (exact) mass is 489 g/mol. The summed E-state index contributed by atoms with van der Waals surface area (Å²) in [6.07, 6.45) is -0.0817. The Morgan fingerprint density at radius 2 is 1.71 bits per heavy atom. The maximum Gasteiger partial charge on any atom is 0.265 e. The van der Waals surface area contributed by atoms with Crippen LogP contribution >= 0.6 is 0 Å². The predicted octanol–water partition coefficient (Wildman–Crippen LogP) is 1.96. The van der Waals surface area contributed by atoms with E-state index in [0.717, 1.165) is 0 Å². The Morgan fingerprint density at radius 3 is 2.29 bits per heavy atom. The van der Waals surface area contributed by atoms with Crippen molar-refractivity contribution < 1.29 is 32.2 Å². The molecule has 1 N–H and O–H groups in total. The molecule has 11 heteroatoms. The molecule has 0 aromatic heterocycles. The molecule has 2 aromatic carbocycles. The molecule has 2 aliphatic rings. The van der Waals surface area contributed by atoms with Crippen LogP contribution in [0.25, 0.3) is 0 Å². The fourth-order valence-corrected chi connectivity index (χ4v) is 5.40. The van der Waals surface area contributed by atoms with Crippen molar-refractivity contribution in [2.45, 2.75) is 24.3 Å². The third-order valence-electron chi connectivity index (χ3n) is 5.90. The van der Waals surface area contributed by atoms with Crippen LogP contribution in [0.4, 0.5) is 5.69 Å². The van der Waals surface area contributed by atoms with E-state index in [9.17, 15) is 18.0 Å². The molecule has 182 valence electrons. The molecule has 0 unspecified atom stereocenters. The summed E-state index contributed by atoms with van der Waals surface area (Å²) in [6, 6.07) is 9.37. The molecule has 2 amide bonds. The zero-order chi connectivity index (χ0) is 24.5. The highest BCUT2D eigenvalue weighted by Crippen LogP contribution is 2.33. The molecule has 0 radical (unpaired) electrons. The number of nitrogens with one attached hydrogen (secondary N) is 1. The highest BCUT2D eigenvalue weighted by molar-refractivity contribution is 7.89. The number of hydrogen-bond acceptors (Lipinski definition) is 7. The molecule has 0 bridgehead atoms.